The molecule has 0 aliphatic heterocycles. The van der Waals surface area contributed by atoms with Crippen LogP contribution in [0, 0.1) is 17.8 Å². The molecular weight excluding hydrogens is 304 g/mol. The highest BCUT2D eigenvalue weighted by atomic mass is 79.9. The summed E-state index contributed by atoms with van der Waals surface area (Å²) in [4.78, 5) is 12.5. The van der Waals surface area contributed by atoms with Crippen molar-refractivity contribution in [2.45, 2.75) is 32.1 Å². The van der Waals surface area contributed by atoms with Crippen molar-refractivity contribution in [2.75, 3.05) is 7.11 Å². The van der Waals surface area contributed by atoms with Gasteiger partial charge in [0.1, 0.15) is 11.5 Å². The summed E-state index contributed by atoms with van der Waals surface area (Å²) in [5, 5.41) is 0. The Morgan fingerprint density at radius 3 is 2.84 bits per heavy atom. The Kier molecular flexibility index (Phi) is 3.66. The molecule has 1 aromatic rings. The van der Waals surface area contributed by atoms with Gasteiger partial charge in [0.15, 0.2) is 0 Å². The Morgan fingerprint density at radius 2 is 2.21 bits per heavy atom. The zero-order chi connectivity index (χ0) is 13.4. The molecule has 0 N–H and O–H groups in total. The Balaban J connectivity index is 1.74. The maximum Gasteiger partial charge on any atom is 0.140 e. The monoisotopic (exact) mass is 322 g/mol. The fourth-order valence-electron chi connectivity index (χ4n) is 3.84. The minimum Gasteiger partial charge on any atom is -0.496 e. The molecule has 2 aliphatic carbocycles. The van der Waals surface area contributed by atoms with E-state index in [1.54, 1.807) is 7.11 Å². The van der Waals surface area contributed by atoms with Gasteiger partial charge in [-0.05, 0) is 49.3 Å². The number of rotatable bonds is 4. The lowest BCUT2D eigenvalue weighted by Crippen LogP contribution is -2.22. The Bertz CT molecular complexity index is 498. The van der Waals surface area contributed by atoms with E-state index in [1.807, 2.05) is 18.2 Å². The fourth-order valence-corrected chi connectivity index (χ4v) is 4.25. The van der Waals surface area contributed by atoms with E-state index in [-0.39, 0.29) is 0 Å². The van der Waals surface area contributed by atoms with Crippen LogP contribution in [0.15, 0.2) is 22.7 Å². The van der Waals surface area contributed by atoms with Crippen LogP contribution in [0.4, 0.5) is 0 Å². The van der Waals surface area contributed by atoms with Crippen molar-refractivity contribution in [3.8, 4) is 5.75 Å². The zero-order valence-electron chi connectivity index (χ0n) is 11.2. The molecule has 0 amide bonds. The van der Waals surface area contributed by atoms with Gasteiger partial charge in [0.05, 0.1) is 7.11 Å². The Labute approximate surface area is 122 Å². The molecule has 1 aromatic carbocycles. The molecule has 3 atom stereocenters. The van der Waals surface area contributed by atoms with Crippen LogP contribution in [0.2, 0.25) is 0 Å². The molecule has 2 bridgehead atoms. The number of fused-ring (bicyclic) bond motifs is 2. The van der Waals surface area contributed by atoms with Gasteiger partial charge < -0.3 is 4.74 Å². The van der Waals surface area contributed by atoms with Gasteiger partial charge in [0.2, 0.25) is 0 Å². The number of hydrogen-bond acceptors (Lipinski definition) is 2. The summed E-state index contributed by atoms with van der Waals surface area (Å²) >= 11 is 3.46. The lowest BCUT2D eigenvalue weighted by atomic mass is 9.83. The third-order valence-electron chi connectivity index (χ3n) is 4.76. The molecule has 0 spiro atoms. The molecule has 102 valence electrons. The topological polar surface area (TPSA) is 26.3 Å². The average Bonchev–Trinajstić information content (AvgIpc) is 3.01. The maximum atomic E-state index is 12.5. The molecular formula is C16H19BrO2. The van der Waals surface area contributed by atoms with E-state index in [2.05, 4.69) is 15.9 Å². The highest BCUT2D eigenvalue weighted by Crippen LogP contribution is 2.49. The lowest BCUT2D eigenvalue weighted by Gasteiger charge is -2.20. The number of Topliss-reactive ketones (excluding diaryl/α,β-unsaturated/α-hetero) is 1. The normalized spacial score (nSPS) is 28.6. The van der Waals surface area contributed by atoms with Crippen molar-refractivity contribution in [2.24, 2.45) is 17.8 Å². The van der Waals surface area contributed by atoms with Crippen LogP contribution in [-0.4, -0.2) is 12.9 Å². The summed E-state index contributed by atoms with van der Waals surface area (Å²) in [5.74, 6) is 3.02. The van der Waals surface area contributed by atoms with Crippen molar-refractivity contribution >= 4 is 21.7 Å². The number of ether oxygens (including phenoxy) is 1. The van der Waals surface area contributed by atoms with Crippen LogP contribution in [0.25, 0.3) is 0 Å². The minimum atomic E-state index is 0.308. The average molecular weight is 323 g/mol. The summed E-state index contributed by atoms with van der Waals surface area (Å²) in [6.45, 7) is 0. The van der Waals surface area contributed by atoms with Crippen LogP contribution in [0.3, 0.4) is 0 Å². The second-order valence-electron chi connectivity index (χ2n) is 5.88. The highest BCUT2D eigenvalue weighted by molar-refractivity contribution is 9.10. The maximum absolute atomic E-state index is 12.5. The minimum absolute atomic E-state index is 0.308. The van der Waals surface area contributed by atoms with Crippen LogP contribution in [0.5, 0.6) is 5.75 Å². The Hall–Kier alpha value is -0.830. The van der Waals surface area contributed by atoms with E-state index in [0.717, 1.165) is 28.1 Å². The molecule has 0 radical (unpaired) electrons. The van der Waals surface area contributed by atoms with Crippen molar-refractivity contribution in [3.05, 3.63) is 28.2 Å². The van der Waals surface area contributed by atoms with Gasteiger partial charge in [-0.1, -0.05) is 22.4 Å². The highest BCUT2D eigenvalue weighted by Gasteiger charge is 2.42. The van der Waals surface area contributed by atoms with Crippen molar-refractivity contribution in [1.29, 1.82) is 0 Å². The number of carbonyl (C=O) groups is 1. The molecule has 3 rings (SSSR count). The Morgan fingerprint density at radius 1 is 1.37 bits per heavy atom. The first kappa shape index (κ1) is 13.2. The predicted molar refractivity (Wildman–Crippen MR) is 78.3 cm³/mol. The first-order valence-electron chi connectivity index (χ1n) is 7.02. The summed E-state index contributed by atoms with van der Waals surface area (Å²) in [7, 11) is 1.66. The first-order valence-corrected chi connectivity index (χ1v) is 7.82. The lowest BCUT2D eigenvalue weighted by molar-refractivity contribution is -0.123. The molecule has 19 heavy (non-hydrogen) atoms. The molecule has 2 saturated carbocycles. The molecule has 0 aromatic heterocycles. The number of carbonyl (C=O) groups excluding carboxylic acids is 1. The van der Waals surface area contributed by atoms with E-state index >= 15 is 0 Å². The molecule has 3 unspecified atom stereocenters. The van der Waals surface area contributed by atoms with Crippen molar-refractivity contribution in [3.63, 3.8) is 0 Å². The van der Waals surface area contributed by atoms with Gasteiger partial charge in [-0.3, -0.25) is 4.79 Å². The molecule has 0 heterocycles. The smallest absolute Gasteiger partial charge is 0.140 e. The van der Waals surface area contributed by atoms with E-state index in [1.165, 1.54) is 19.3 Å². The quantitative estimate of drug-likeness (QED) is 0.837. The van der Waals surface area contributed by atoms with Gasteiger partial charge in [-0.2, -0.15) is 0 Å². The van der Waals surface area contributed by atoms with Gasteiger partial charge >= 0.3 is 0 Å². The first-order chi connectivity index (χ1) is 9.17. The van der Waals surface area contributed by atoms with Crippen molar-refractivity contribution < 1.29 is 9.53 Å². The summed E-state index contributed by atoms with van der Waals surface area (Å²) in [6, 6.07) is 5.88. The van der Waals surface area contributed by atoms with Crippen LogP contribution in [-0.2, 0) is 11.2 Å². The standard InChI is InChI=1S/C16H19BrO2/c1-19-16-5-4-13(17)8-12(16)9-15(18)14-7-10-2-3-11(14)6-10/h4-5,8,10-11,14H,2-3,6-7,9H2,1H3. The number of benzene rings is 1. The van der Waals surface area contributed by atoms with E-state index < -0.39 is 0 Å². The third kappa shape index (κ3) is 2.58. The number of ketones is 1. The van der Waals surface area contributed by atoms with E-state index in [0.29, 0.717) is 24.0 Å². The number of methoxy groups -OCH3 is 1. The van der Waals surface area contributed by atoms with Gasteiger partial charge in [0, 0.05) is 22.4 Å². The van der Waals surface area contributed by atoms with Gasteiger partial charge in [0.25, 0.3) is 0 Å². The second kappa shape index (κ2) is 5.28. The van der Waals surface area contributed by atoms with Gasteiger partial charge in [-0.15, -0.1) is 0 Å². The molecule has 2 aliphatic rings. The van der Waals surface area contributed by atoms with Crippen LogP contribution < -0.4 is 4.74 Å². The van der Waals surface area contributed by atoms with E-state index in [4.69, 9.17) is 4.74 Å². The number of hydrogen-bond donors (Lipinski definition) is 0. The molecule has 0 saturated heterocycles. The zero-order valence-corrected chi connectivity index (χ0v) is 12.8. The fraction of sp³-hybridized carbons (Fsp3) is 0.562. The second-order valence-corrected chi connectivity index (χ2v) is 6.80. The largest absolute Gasteiger partial charge is 0.496 e. The van der Waals surface area contributed by atoms with Crippen LogP contribution in [0.1, 0.15) is 31.2 Å². The SMILES string of the molecule is COc1ccc(Br)cc1CC(=O)C1CC2CCC1C2. The molecule has 2 fully saturated rings. The van der Waals surface area contributed by atoms with Gasteiger partial charge in [-0.25, -0.2) is 0 Å². The third-order valence-corrected chi connectivity index (χ3v) is 5.25. The van der Waals surface area contributed by atoms with E-state index in [9.17, 15) is 4.79 Å². The number of halogens is 1. The molecule has 3 heteroatoms. The molecule has 2 nitrogen and oxygen atoms in total. The summed E-state index contributed by atoms with van der Waals surface area (Å²) in [5.41, 5.74) is 1.00. The predicted octanol–water partition coefficient (Wildman–Crippen LogP) is 4.01. The van der Waals surface area contributed by atoms with Crippen molar-refractivity contribution in [1.82, 2.24) is 0 Å². The van der Waals surface area contributed by atoms with Crippen LogP contribution >= 0.6 is 15.9 Å². The summed E-state index contributed by atoms with van der Waals surface area (Å²) in [6.07, 6.45) is 5.52. The summed E-state index contributed by atoms with van der Waals surface area (Å²) < 4.78 is 6.36.